The summed E-state index contributed by atoms with van der Waals surface area (Å²) in [6, 6.07) is 3.49. The number of ether oxygens (including phenoxy) is 1. The van der Waals surface area contributed by atoms with Gasteiger partial charge < -0.3 is 10.1 Å². The molecule has 0 aromatic carbocycles. The second kappa shape index (κ2) is 4.84. The number of fused-ring (bicyclic) bond motifs is 1. The number of aryl methyl sites for hydroxylation is 1. The molecule has 20 heavy (non-hydrogen) atoms. The van der Waals surface area contributed by atoms with Crippen LogP contribution in [0.25, 0.3) is 11.0 Å². The van der Waals surface area contributed by atoms with E-state index in [1.54, 1.807) is 19.2 Å². The first-order valence-corrected chi connectivity index (χ1v) is 6.48. The smallest absolute Gasteiger partial charge is 0.332 e. The fourth-order valence-electron chi connectivity index (χ4n) is 2.40. The van der Waals surface area contributed by atoms with Crippen LogP contribution < -0.4 is 16.6 Å². The molecule has 0 amide bonds. The lowest BCUT2D eigenvalue weighted by atomic mass is 10.2. The number of rotatable bonds is 1. The van der Waals surface area contributed by atoms with Gasteiger partial charge in [-0.25, -0.2) is 9.78 Å². The Morgan fingerprint density at radius 3 is 2.80 bits per heavy atom. The van der Waals surface area contributed by atoms with Crippen molar-refractivity contribution < 1.29 is 4.74 Å². The van der Waals surface area contributed by atoms with Crippen molar-refractivity contribution >= 4 is 11.0 Å². The van der Waals surface area contributed by atoms with E-state index in [1.807, 2.05) is 0 Å². The van der Waals surface area contributed by atoms with E-state index < -0.39 is 0 Å². The Morgan fingerprint density at radius 1 is 1.30 bits per heavy atom. The molecule has 1 aliphatic heterocycles. The highest BCUT2D eigenvalue weighted by Gasteiger charge is 2.19. The minimum absolute atomic E-state index is 0.146. The summed E-state index contributed by atoms with van der Waals surface area (Å²) >= 11 is 0. The third-order valence-electron chi connectivity index (χ3n) is 3.58. The lowest BCUT2D eigenvalue weighted by molar-refractivity contribution is 0.0252. The van der Waals surface area contributed by atoms with E-state index in [0.717, 1.165) is 16.8 Å². The first-order valence-electron chi connectivity index (χ1n) is 6.48. The number of hydrogen-bond acceptors (Lipinski definition) is 5. The Kier molecular flexibility index (Phi) is 3.15. The average Bonchev–Trinajstić information content (AvgIpc) is 2.51. The Labute approximate surface area is 114 Å². The predicted octanol–water partition coefficient (Wildman–Crippen LogP) is -0.707. The van der Waals surface area contributed by atoms with Crippen LogP contribution in [0.3, 0.4) is 0 Å². The van der Waals surface area contributed by atoms with Crippen LogP contribution in [0.2, 0.25) is 0 Å². The van der Waals surface area contributed by atoms with Gasteiger partial charge >= 0.3 is 5.69 Å². The molecular formula is C13H16N4O3. The van der Waals surface area contributed by atoms with Crippen molar-refractivity contribution in [1.29, 1.82) is 0 Å². The maximum absolute atomic E-state index is 12.1. The maximum Gasteiger partial charge on any atom is 0.332 e. The van der Waals surface area contributed by atoms with Crippen LogP contribution in [0.1, 0.15) is 11.8 Å². The van der Waals surface area contributed by atoms with E-state index >= 15 is 0 Å². The predicted molar refractivity (Wildman–Crippen MR) is 73.8 cm³/mol. The molecule has 0 radical (unpaired) electrons. The van der Waals surface area contributed by atoms with Crippen LogP contribution in [0.15, 0.2) is 21.7 Å². The SMILES string of the molecule is Cn1c(=O)c2ccc([C@H]3CNCCO3)nc2n(C)c1=O. The van der Waals surface area contributed by atoms with Gasteiger partial charge in [-0.3, -0.25) is 13.9 Å². The summed E-state index contributed by atoms with van der Waals surface area (Å²) in [6.07, 6.45) is -0.146. The van der Waals surface area contributed by atoms with Crippen LogP contribution in [-0.4, -0.2) is 33.8 Å². The highest BCUT2D eigenvalue weighted by molar-refractivity contribution is 5.73. The number of morpholine rings is 1. The van der Waals surface area contributed by atoms with Gasteiger partial charge in [-0.1, -0.05) is 0 Å². The molecule has 7 nitrogen and oxygen atoms in total. The van der Waals surface area contributed by atoms with Gasteiger partial charge in [0.2, 0.25) is 0 Å². The van der Waals surface area contributed by atoms with E-state index in [0.29, 0.717) is 24.2 Å². The monoisotopic (exact) mass is 276 g/mol. The third kappa shape index (κ3) is 1.95. The molecule has 0 unspecified atom stereocenters. The van der Waals surface area contributed by atoms with Gasteiger partial charge in [0.25, 0.3) is 5.56 Å². The molecule has 0 saturated carbocycles. The Bertz CT molecular complexity index is 772. The minimum Gasteiger partial charge on any atom is -0.369 e. The van der Waals surface area contributed by atoms with Crippen LogP contribution in [-0.2, 0) is 18.8 Å². The zero-order valence-corrected chi connectivity index (χ0v) is 11.4. The van der Waals surface area contributed by atoms with Gasteiger partial charge in [0, 0.05) is 27.2 Å². The molecule has 0 spiro atoms. The Hall–Kier alpha value is -1.99. The van der Waals surface area contributed by atoms with Gasteiger partial charge in [-0.05, 0) is 12.1 Å². The second-order valence-corrected chi connectivity index (χ2v) is 4.88. The summed E-state index contributed by atoms with van der Waals surface area (Å²) in [6.45, 7) is 2.13. The van der Waals surface area contributed by atoms with Crippen molar-refractivity contribution in [3.63, 3.8) is 0 Å². The molecule has 3 heterocycles. The molecule has 2 aromatic heterocycles. The fraction of sp³-hybridized carbons (Fsp3) is 0.462. The Morgan fingerprint density at radius 2 is 2.10 bits per heavy atom. The van der Waals surface area contributed by atoms with E-state index in [-0.39, 0.29) is 17.4 Å². The summed E-state index contributed by atoms with van der Waals surface area (Å²) in [7, 11) is 3.08. The summed E-state index contributed by atoms with van der Waals surface area (Å²) in [5.41, 5.74) is 0.414. The van der Waals surface area contributed by atoms with E-state index in [2.05, 4.69) is 10.3 Å². The topological polar surface area (TPSA) is 78.2 Å². The summed E-state index contributed by atoms with van der Waals surface area (Å²) in [4.78, 5) is 28.4. The van der Waals surface area contributed by atoms with Gasteiger partial charge in [-0.15, -0.1) is 0 Å². The summed E-state index contributed by atoms with van der Waals surface area (Å²) in [5, 5.41) is 3.66. The van der Waals surface area contributed by atoms with Crippen molar-refractivity contribution in [1.82, 2.24) is 19.4 Å². The van der Waals surface area contributed by atoms with E-state index in [4.69, 9.17) is 4.74 Å². The Balaban J connectivity index is 2.20. The molecule has 2 aromatic rings. The zero-order valence-electron chi connectivity index (χ0n) is 11.4. The highest BCUT2D eigenvalue weighted by atomic mass is 16.5. The molecule has 1 aliphatic rings. The van der Waals surface area contributed by atoms with Gasteiger partial charge in [0.1, 0.15) is 11.8 Å². The molecule has 0 bridgehead atoms. The summed E-state index contributed by atoms with van der Waals surface area (Å²) in [5.74, 6) is 0. The molecule has 106 valence electrons. The lowest BCUT2D eigenvalue weighted by Gasteiger charge is -2.23. The molecular weight excluding hydrogens is 260 g/mol. The molecule has 1 atom stereocenters. The highest BCUT2D eigenvalue weighted by Crippen LogP contribution is 2.18. The molecule has 3 rings (SSSR count). The second-order valence-electron chi connectivity index (χ2n) is 4.88. The standard InChI is InChI=1S/C13H16N4O3/c1-16-11-8(12(18)17(2)13(16)19)3-4-9(15-11)10-7-14-5-6-20-10/h3-4,10,14H,5-7H2,1-2H3/t10-/m1/s1. The van der Waals surface area contributed by atoms with Crippen LogP contribution in [0.5, 0.6) is 0 Å². The number of aromatic nitrogens is 3. The fourth-order valence-corrected chi connectivity index (χ4v) is 2.40. The van der Waals surface area contributed by atoms with Gasteiger partial charge in [0.15, 0.2) is 0 Å². The quantitative estimate of drug-likeness (QED) is 0.744. The van der Waals surface area contributed by atoms with E-state index in [1.165, 1.54) is 11.6 Å². The minimum atomic E-state index is -0.380. The third-order valence-corrected chi connectivity index (χ3v) is 3.58. The van der Waals surface area contributed by atoms with Crippen LogP contribution in [0.4, 0.5) is 0 Å². The number of nitrogens with one attached hydrogen (secondary N) is 1. The normalized spacial score (nSPS) is 19.4. The molecule has 0 aliphatic carbocycles. The lowest BCUT2D eigenvalue weighted by Crippen LogP contribution is -2.38. The van der Waals surface area contributed by atoms with E-state index in [9.17, 15) is 9.59 Å². The first-order chi connectivity index (χ1) is 9.59. The van der Waals surface area contributed by atoms with Crippen LogP contribution in [0, 0.1) is 0 Å². The van der Waals surface area contributed by atoms with Crippen molar-refractivity contribution in [3.8, 4) is 0 Å². The number of pyridine rings is 1. The largest absolute Gasteiger partial charge is 0.369 e. The van der Waals surface area contributed by atoms with Crippen molar-refractivity contribution in [2.75, 3.05) is 19.7 Å². The van der Waals surface area contributed by atoms with Gasteiger partial charge in [-0.2, -0.15) is 0 Å². The average molecular weight is 276 g/mol. The van der Waals surface area contributed by atoms with Crippen molar-refractivity contribution in [3.05, 3.63) is 38.7 Å². The first kappa shape index (κ1) is 13.0. The zero-order chi connectivity index (χ0) is 14.3. The number of hydrogen-bond donors (Lipinski definition) is 1. The van der Waals surface area contributed by atoms with Gasteiger partial charge in [0.05, 0.1) is 17.7 Å². The molecule has 1 fully saturated rings. The molecule has 7 heteroatoms. The van der Waals surface area contributed by atoms with Crippen molar-refractivity contribution in [2.45, 2.75) is 6.10 Å². The molecule has 1 saturated heterocycles. The van der Waals surface area contributed by atoms with Crippen molar-refractivity contribution in [2.24, 2.45) is 14.1 Å². The maximum atomic E-state index is 12.1. The summed E-state index contributed by atoms with van der Waals surface area (Å²) < 4.78 is 8.11. The van der Waals surface area contributed by atoms with Crippen LogP contribution >= 0.6 is 0 Å². The number of nitrogens with zero attached hydrogens (tertiary/aromatic N) is 3. The molecule has 1 N–H and O–H groups in total.